The molecular weight excluding hydrogens is 308 g/mol. The first-order valence-electron chi connectivity index (χ1n) is 9.68. The third-order valence-electron chi connectivity index (χ3n) is 4.44. The van der Waals surface area contributed by atoms with E-state index in [1.165, 1.54) is 44.9 Å². The van der Waals surface area contributed by atoms with Gasteiger partial charge >= 0.3 is 11.9 Å². The molecule has 1 fully saturated rings. The summed E-state index contributed by atoms with van der Waals surface area (Å²) in [4.78, 5) is 23.4. The molecule has 0 aliphatic carbocycles. The van der Waals surface area contributed by atoms with Gasteiger partial charge in [0.25, 0.3) is 0 Å². The standard InChI is InChI=1S/C19H34O5/c20-15-17-16-23-18(21)13-11-9-7-5-3-1-2-4-6-8-10-12-14-19(22)24-17/h17,20H,1-16H2/t17-/m1/s1. The van der Waals surface area contributed by atoms with Crippen molar-refractivity contribution in [1.29, 1.82) is 0 Å². The molecule has 0 bridgehead atoms. The Hall–Kier alpha value is -1.10. The molecule has 1 aliphatic heterocycles. The number of rotatable bonds is 1. The smallest absolute Gasteiger partial charge is 0.306 e. The second kappa shape index (κ2) is 14.3. The van der Waals surface area contributed by atoms with Crippen molar-refractivity contribution in [3.05, 3.63) is 0 Å². The van der Waals surface area contributed by atoms with Crippen LogP contribution < -0.4 is 0 Å². The molecule has 1 rings (SSSR count). The molecule has 0 unspecified atom stereocenters. The van der Waals surface area contributed by atoms with E-state index >= 15 is 0 Å². The Morgan fingerprint density at radius 3 is 1.58 bits per heavy atom. The Morgan fingerprint density at radius 1 is 0.708 bits per heavy atom. The summed E-state index contributed by atoms with van der Waals surface area (Å²) in [6, 6.07) is 0. The topological polar surface area (TPSA) is 72.8 Å². The van der Waals surface area contributed by atoms with Crippen molar-refractivity contribution in [1.82, 2.24) is 0 Å². The minimum atomic E-state index is -0.743. The summed E-state index contributed by atoms with van der Waals surface area (Å²) in [6.45, 7) is -0.375. The fourth-order valence-electron chi connectivity index (χ4n) is 2.93. The van der Waals surface area contributed by atoms with E-state index in [9.17, 15) is 14.7 Å². The van der Waals surface area contributed by atoms with Crippen LogP contribution in [0.15, 0.2) is 0 Å². The number of esters is 2. The van der Waals surface area contributed by atoms with Crippen LogP contribution in [0.1, 0.15) is 89.9 Å². The summed E-state index contributed by atoms with van der Waals surface area (Å²) < 4.78 is 10.3. The highest BCUT2D eigenvalue weighted by Gasteiger charge is 2.16. The van der Waals surface area contributed by atoms with Crippen molar-refractivity contribution in [2.24, 2.45) is 0 Å². The second-order valence-electron chi connectivity index (χ2n) is 6.72. The van der Waals surface area contributed by atoms with Crippen LogP contribution in [-0.4, -0.2) is 36.4 Å². The summed E-state index contributed by atoms with van der Waals surface area (Å²) >= 11 is 0. The zero-order valence-electron chi connectivity index (χ0n) is 15.0. The van der Waals surface area contributed by atoms with E-state index in [-0.39, 0.29) is 25.2 Å². The highest BCUT2D eigenvalue weighted by Crippen LogP contribution is 2.14. The maximum Gasteiger partial charge on any atom is 0.306 e. The summed E-state index contributed by atoms with van der Waals surface area (Å²) in [5, 5.41) is 9.24. The van der Waals surface area contributed by atoms with Gasteiger partial charge in [0.05, 0.1) is 6.61 Å². The largest absolute Gasteiger partial charge is 0.462 e. The van der Waals surface area contributed by atoms with Gasteiger partial charge in [-0.1, -0.05) is 64.2 Å². The zero-order valence-corrected chi connectivity index (χ0v) is 15.0. The van der Waals surface area contributed by atoms with Crippen molar-refractivity contribution >= 4 is 11.9 Å². The monoisotopic (exact) mass is 342 g/mol. The molecule has 0 saturated carbocycles. The minimum Gasteiger partial charge on any atom is -0.462 e. The van der Waals surface area contributed by atoms with Crippen molar-refractivity contribution in [2.45, 2.75) is 96.0 Å². The summed E-state index contributed by atoms with van der Waals surface area (Å²) in [6.07, 6.45) is 13.7. The second-order valence-corrected chi connectivity index (χ2v) is 6.72. The molecule has 0 radical (unpaired) electrons. The summed E-state index contributed by atoms with van der Waals surface area (Å²) in [7, 11) is 0. The van der Waals surface area contributed by atoms with Crippen LogP contribution in [0.4, 0.5) is 0 Å². The normalized spacial score (nSPS) is 24.6. The number of hydrogen-bond acceptors (Lipinski definition) is 5. The van der Waals surface area contributed by atoms with Gasteiger partial charge in [-0.05, 0) is 12.8 Å². The first-order valence-corrected chi connectivity index (χ1v) is 9.68. The van der Waals surface area contributed by atoms with E-state index in [2.05, 4.69) is 0 Å². The van der Waals surface area contributed by atoms with E-state index < -0.39 is 6.10 Å². The molecule has 0 aromatic carbocycles. The molecule has 0 spiro atoms. The molecule has 1 saturated heterocycles. The number of carbonyl (C=O) groups is 2. The van der Waals surface area contributed by atoms with Gasteiger partial charge in [-0.25, -0.2) is 0 Å². The van der Waals surface area contributed by atoms with E-state index in [0.717, 1.165) is 32.1 Å². The van der Waals surface area contributed by atoms with Crippen LogP contribution in [0.25, 0.3) is 0 Å². The number of aliphatic hydroxyl groups excluding tert-OH is 1. The molecular formula is C19H34O5. The fourth-order valence-corrected chi connectivity index (χ4v) is 2.93. The van der Waals surface area contributed by atoms with Crippen LogP contribution in [0.5, 0.6) is 0 Å². The van der Waals surface area contributed by atoms with Gasteiger partial charge in [0.1, 0.15) is 6.61 Å². The number of cyclic esters (lactones) is 2. The van der Waals surface area contributed by atoms with Gasteiger partial charge < -0.3 is 14.6 Å². The predicted molar refractivity (Wildman–Crippen MR) is 92.6 cm³/mol. The average Bonchev–Trinajstić information content (AvgIpc) is 2.58. The van der Waals surface area contributed by atoms with Crippen molar-refractivity contribution in [2.75, 3.05) is 13.2 Å². The van der Waals surface area contributed by atoms with E-state index in [1.54, 1.807) is 0 Å². The van der Waals surface area contributed by atoms with Gasteiger partial charge in [-0.2, -0.15) is 0 Å². The molecule has 0 aromatic heterocycles. The Morgan fingerprint density at radius 2 is 1.12 bits per heavy atom. The molecule has 5 heteroatoms. The maximum absolute atomic E-state index is 11.7. The van der Waals surface area contributed by atoms with Crippen LogP contribution in [0, 0.1) is 0 Å². The Kier molecular flexibility index (Phi) is 12.4. The van der Waals surface area contributed by atoms with E-state index in [4.69, 9.17) is 9.47 Å². The highest BCUT2D eigenvalue weighted by atomic mass is 16.6. The van der Waals surface area contributed by atoms with E-state index in [1.807, 2.05) is 0 Å². The van der Waals surface area contributed by atoms with Gasteiger partial charge in [0.15, 0.2) is 6.10 Å². The summed E-state index contributed by atoms with van der Waals surface area (Å²) in [5.41, 5.74) is 0. The lowest BCUT2D eigenvalue weighted by Gasteiger charge is -2.15. The number of ether oxygens (including phenoxy) is 2. The van der Waals surface area contributed by atoms with Crippen LogP contribution in [0.3, 0.4) is 0 Å². The molecule has 140 valence electrons. The third kappa shape index (κ3) is 11.4. The average molecular weight is 342 g/mol. The van der Waals surface area contributed by atoms with Crippen LogP contribution >= 0.6 is 0 Å². The van der Waals surface area contributed by atoms with Crippen LogP contribution in [0.2, 0.25) is 0 Å². The van der Waals surface area contributed by atoms with Crippen LogP contribution in [-0.2, 0) is 19.1 Å². The lowest BCUT2D eigenvalue weighted by molar-refractivity contribution is -0.161. The van der Waals surface area contributed by atoms with Crippen molar-refractivity contribution in [3.63, 3.8) is 0 Å². The van der Waals surface area contributed by atoms with Gasteiger partial charge in [-0.15, -0.1) is 0 Å². The van der Waals surface area contributed by atoms with Gasteiger partial charge in [-0.3, -0.25) is 9.59 Å². The molecule has 0 aromatic rings. The number of hydrogen-bond donors (Lipinski definition) is 1. The molecule has 1 atom stereocenters. The lowest BCUT2D eigenvalue weighted by atomic mass is 10.0. The molecule has 24 heavy (non-hydrogen) atoms. The fraction of sp³-hybridized carbons (Fsp3) is 0.895. The molecule has 1 N–H and O–H groups in total. The minimum absolute atomic E-state index is 0.0545. The first-order chi connectivity index (χ1) is 11.7. The highest BCUT2D eigenvalue weighted by molar-refractivity contribution is 5.70. The molecule has 1 heterocycles. The Bertz CT molecular complexity index is 343. The lowest BCUT2D eigenvalue weighted by Crippen LogP contribution is -2.28. The number of carbonyl (C=O) groups excluding carboxylic acids is 2. The zero-order chi connectivity index (χ0) is 17.5. The maximum atomic E-state index is 11.7. The Labute approximate surface area is 146 Å². The predicted octanol–water partition coefficient (Wildman–Crippen LogP) is 3.91. The van der Waals surface area contributed by atoms with Gasteiger partial charge in [0, 0.05) is 12.8 Å². The third-order valence-corrected chi connectivity index (χ3v) is 4.44. The molecule has 0 amide bonds. The van der Waals surface area contributed by atoms with Gasteiger partial charge in [0.2, 0.25) is 0 Å². The molecule has 5 nitrogen and oxygen atoms in total. The quantitative estimate of drug-likeness (QED) is 0.731. The SMILES string of the molecule is O=C1CCCCCCCCCCCCCCC(=O)O[C@H](CO)CO1. The number of aliphatic hydroxyl groups is 1. The van der Waals surface area contributed by atoms with E-state index in [0.29, 0.717) is 12.8 Å². The molecule has 1 aliphatic rings. The first kappa shape index (κ1) is 20.9. The van der Waals surface area contributed by atoms with Crippen molar-refractivity contribution in [3.8, 4) is 0 Å². The van der Waals surface area contributed by atoms with Crippen molar-refractivity contribution < 1.29 is 24.2 Å². The Balaban J connectivity index is 2.34. The summed E-state index contributed by atoms with van der Waals surface area (Å²) in [5.74, 6) is -0.599.